The van der Waals surface area contributed by atoms with Crippen LogP contribution in [0.25, 0.3) is 0 Å². The zero-order valence-electron chi connectivity index (χ0n) is 10.6. The summed E-state index contributed by atoms with van der Waals surface area (Å²) in [5.74, 6) is -2.44. The third kappa shape index (κ3) is 3.17. The van der Waals surface area contributed by atoms with Crippen LogP contribution in [0.5, 0.6) is 0 Å². The zero-order chi connectivity index (χ0) is 13.2. The monoisotopic (exact) mass is 262 g/mol. The van der Waals surface area contributed by atoms with Crippen LogP contribution in [0.4, 0.5) is 8.78 Å². The number of alkyl halides is 2. The number of carbonyl (C=O) groups is 1. The summed E-state index contributed by atoms with van der Waals surface area (Å²) >= 11 is 0. The Morgan fingerprint density at radius 3 is 2.61 bits per heavy atom. The molecule has 0 aromatic carbocycles. The molecule has 2 fully saturated rings. The van der Waals surface area contributed by atoms with Gasteiger partial charge in [-0.05, 0) is 18.8 Å². The SMILES string of the molecule is COCC1CCN(C(=O)C2CC(F)(F)CN2)CC1. The van der Waals surface area contributed by atoms with Crippen LogP contribution in [0.1, 0.15) is 19.3 Å². The number of ether oxygens (including phenoxy) is 1. The van der Waals surface area contributed by atoms with Crippen molar-refractivity contribution in [2.45, 2.75) is 31.2 Å². The summed E-state index contributed by atoms with van der Waals surface area (Å²) in [6.45, 7) is 1.62. The minimum Gasteiger partial charge on any atom is -0.384 e. The van der Waals surface area contributed by atoms with Gasteiger partial charge in [-0.2, -0.15) is 0 Å². The van der Waals surface area contributed by atoms with Gasteiger partial charge in [-0.15, -0.1) is 0 Å². The largest absolute Gasteiger partial charge is 0.384 e. The number of methoxy groups -OCH3 is 1. The van der Waals surface area contributed by atoms with Crippen LogP contribution in [-0.4, -0.2) is 56.1 Å². The van der Waals surface area contributed by atoms with Crippen LogP contribution in [0.3, 0.4) is 0 Å². The lowest BCUT2D eigenvalue weighted by Gasteiger charge is -2.33. The number of halogens is 2. The van der Waals surface area contributed by atoms with Crippen molar-refractivity contribution < 1.29 is 18.3 Å². The van der Waals surface area contributed by atoms with Crippen LogP contribution in [0.2, 0.25) is 0 Å². The number of likely N-dealkylation sites (tertiary alicyclic amines) is 1. The molecule has 2 aliphatic heterocycles. The van der Waals surface area contributed by atoms with E-state index < -0.39 is 12.0 Å². The van der Waals surface area contributed by atoms with Crippen molar-refractivity contribution in [1.29, 1.82) is 0 Å². The Kier molecular flexibility index (Phi) is 4.17. The number of carbonyl (C=O) groups excluding carboxylic acids is 1. The zero-order valence-corrected chi connectivity index (χ0v) is 10.6. The molecule has 0 aliphatic carbocycles. The fourth-order valence-corrected chi connectivity index (χ4v) is 2.67. The molecule has 0 spiro atoms. The van der Waals surface area contributed by atoms with Crippen LogP contribution >= 0.6 is 0 Å². The number of nitrogens with zero attached hydrogens (tertiary/aromatic N) is 1. The minimum atomic E-state index is -2.74. The average molecular weight is 262 g/mol. The lowest BCUT2D eigenvalue weighted by Crippen LogP contribution is -2.47. The van der Waals surface area contributed by atoms with E-state index in [-0.39, 0.29) is 18.9 Å². The summed E-state index contributed by atoms with van der Waals surface area (Å²) in [5, 5.41) is 2.61. The van der Waals surface area contributed by atoms with Gasteiger partial charge in [0.15, 0.2) is 0 Å². The maximum atomic E-state index is 13.0. The Morgan fingerprint density at radius 1 is 1.44 bits per heavy atom. The van der Waals surface area contributed by atoms with Crippen LogP contribution < -0.4 is 5.32 Å². The Bertz CT molecular complexity index is 304. The highest BCUT2D eigenvalue weighted by atomic mass is 19.3. The smallest absolute Gasteiger partial charge is 0.262 e. The third-order valence-electron chi connectivity index (χ3n) is 3.74. The van der Waals surface area contributed by atoms with E-state index in [2.05, 4.69) is 5.32 Å². The van der Waals surface area contributed by atoms with E-state index in [1.807, 2.05) is 0 Å². The number of hydrogen-bond acceptors (Lipinski definition) is 3. The van der Waals surface area contributed by atoms with E-state index in [4.69, 9.17) is 4.74 Å². The Labute approximate surface area is 106 Å². The van der Waals surface area contributed by atoms with Crippen molar-refractivity contribution in [3.63, 3.8) is 0 Å². The molecule has 2 aliphatic rings. The summed E-state index contributed by atoms with van der Waals surface area (Å²) in [7, 11) is 1.67. The standard InChI is InChI=1S/C12H20F2N2O2/c1-18-7-9-2-4-16(5-3-9)11(17)10-6-12(13,14)8-15-10/h9-10,15H,2-8H2,1H3. The van der Waals surface area contributed by atoms with E-state index in [9.17, 15) is 13.6 Å². The number of hydrogen-bond donors (Lipinski definition) is 1. The van der Waals surface area contributed by atoms with E-state index in [1.54, 1.807) is 12.0 Å². The van der Waals surface area contributed by atoms with E-state index in [0.717, 1.165) is 12.8 Å². The molecule has 0 aromatic rings. The molecular weight excluding hydrogens is 242 g/mol. The van der Waals surface area contributed by atoms with Gasteiger partial charge >= 0.3 is 0 Å². The van der Waals surface area contributed by atoms with Gasteiger partial charge < -0.3 is 9.64 Å². The molecule has 1 amide bonds. The first-order valence-electron chi connectivity index (χ1n) is 6.41. The van der Waals surface area contributed by atoms with Crippen LogP contribution in [0, 0.1) is 5.92 Å². The summed E-state index contributed by atoms with van der Waals surface area (Å²) in [5.41, 5.74) is 0. The van der Waals surface area contributed by atoms with E-state index >= 15 is 0 Å². The minimum absolute atomic E-state index is 0.178. The molecule has 0 bridgehead atoms. The van der Waals surface area contributed by atoms with E-state index in [0.29, 0.717) is 25.6 Å². The van der Waals surface area contributed by atoms with Crippen LogP contribution in [0.15, 0.2) is 0 Å². The topological polar surface area (TPSA) is 41.6 Å². The molecule has 6 heteroatoms. The quantitative estimate of drug-likeness (QED) is 0.820. The predicted octanol–water partition coefficient (Wildman–Crippen LogP) is 0.869. The van der Waals surface area contributed by atoms with E-state index in [1.165, 1.54) is 0 Å². The van der Waals surface area contributed by atoms with Gasteiger partial charge in [0, 0.05) is 33.2 Å². The van der Waals surface area contributed by atoms with Crippen molar-refractivity contribution in [3.05, 3.63) is 0 Å². The molecule has 104 valence electrons. The fraction of sp³-hybridized carbons (Fsp3) is 0.917. The molecule has 2 rings (SSSR count). The number of amides is 1. The molecule has 1 N–H and O–H groups in total. The summed E-state index contributed by atoms with van der Waals surface area (Å²) in [4.78, 5) is 13.8. The highest BCUT2D eigenvalue weighted by Crippen LogP contribution is 2.27. The van der Waals surface area contributed by atoms with Gasteiger partial charge in [-0.25, -0.2) is 8.78 Å². The first-order chi connectivity index (χ1) is 8.52. The van der Waals surface area contributed by atoms with Crippen molar-refractivity contribution >= 4 is 5.91 Å². The second-order valence-electron chi connectivity index (χ2n) is 5.22. The molecule has 2 saturated heterocycles. The third-order valence-corrected chi connectivity index (χ3v) is 3.74. The molecule has 0 radical (unpaired) electrons. The number of nitrogens with one attached hydrogen (secondary N) is 1. The van der Waals surface area contributed by atoms with Crippen molar-refractivity contribution in [1.82, 2.24) is 10.2 Å². The van der Waals surface area contributed by atoms with Gasteiger partial charge in [0.25, 0.3) is 5.92 Å². The van der Waals surface area contributed by atoms with Gasteiger partial charge in [0.05, 0.1) is 12.6 Å². The lowest BCUT2D eigenvalue weighted by atomic mass is 9.97. The van der Waals surface area contributed by atoms with Crippen molar-refractivity contribution in [2.75, 3.05) is 33.4 Å². The molecule has 1 unspecified atom stereocenters. The van der Waals surface area contributed by atoms with Gasteiger partial charge in [0.1, 0.15) is 0 Å². The number of piperidine rings is 1. The summed E-state index contributed by atoms with van der Waals surface area (Å²) in [6, 6.07) is -0.709. The maximum Gasteiger partial charge on any atom is 0.262 e. The Balaban J connectivity index is 1.81. The van der Waals surface area contributed by atoms with Gasteiger partial charge in [-0.1, -0.05) is 0 Å². The van der Waals surface area contributed by atoms with Crippen molar-refractivity contribution in [2.24, 2.45) is 5.92 Å². The fourth-order valence-electron chi connectivity index (χ4n) is 2.67. The first-order valence-corrected chi connectivity index (χ1v) is 6.41. The Hall–Kier alpha value is -0.750. The van der Waals surface area contributed by atoms with Crippen molar-refractivity contribution in [3.8, 4) is 0 Å². The lowest BCUT2D eigenvalue weighted by molar-refractivity contribution is -0.135. The highest BCUT2D eigenvalue weighted by Gasteiger charge is 2.43. The van der Waals surface area contributed by atoms with Crippen LogP contribution in [-0.2, 0) is 9.53 Å². The van der Waals surface area contributed by atoms with Gasteiger partial charge in [0.2, 0.25) is 5.91 Å². The van der Waals surface area contributed by atoms with Gasteiger partial charge in [-0.3, -0.25) is 10.1 Å². The molecular formula is C12H20F2N2O2. The molecule has 0 saturated carbocycles. The molecule has 2 heterocycles. The molecule has 1 atom stereocenters. The first kappa shape index (κ1) is 13.7. The average Bonchev–Trinajstić information content (AvgIpc) is 2.70. The predicted molar refractivity (Wildman–Crippen MR) is 62.5 cm³/mol. The maximum absolute atomic E-state index is 13.0. The molecule has 18 heavy (non-hydrogen) atoms. The second-order valence-corrected chi connectivity index (χ2v) is 5.22. The molecule has 0 aromatic heterocycles. The summed E-state index contributed by atoms with van der Waals surface area (Å²) < 4.78 is 31.2. The number of rotatable bonds is 3. The second kappa shape index (κ2) is 5.48. The highest BCUT2D eigenvalue weighted by molar-refractivity contribution is 5.82. The Morgan fingerprint density at radius 2 is 2.11 bits per heavy atom. The normalized spacial score (nSPS) is 28.6. The molecule has 4 nitrogen and oxygen atoms in total. The summed E-state index contributed by atoms with van der Waals surface area (Å²) in [6.07, 6.45) is 1.41.